The number of hydrogen-bond donors (Lipinski definition) is 0. The van der Waals surface area contributed by atoms with Crippen LogP contribution in [0.1, 0.15) is 0 Å². The van der Waals surface area contributed by atoms with E-state index in [4.69, 9.17) is 23.2 Å². The zero-order chi connectivity index (χ0) is 8.97. The minimum absolute atomic E-state index is 0.700. The standard InChI is InChI=1S/C7H6Cl2NO2/c8-6(9)7(11)12-10-4-2-1-3-5-10/h1-6H/q+1. The Hall–Kier alpha value is -0.800. The van der Waals surface area contributed by atoms with Crippen LogP contribution in [0.4, 0.5) is 0 Å². The van der Waals surface area contributed by atoms with E-state index in [2.05, 4.69) is 4.84 Å². The minimum atomic E-state index is -1.15. The Balaban J connectivity index is 2.59. The number of halogens is 2. The van der Waals surface area contributed by atoms with Gasteiger partial charge in [0.15, 0.2) is 0 Å². The molecule has 0 aliphatic rings. The smallest absolute Gasteiger partial charge is 0.241 e. The fourth-order valence-electron chi connectivity index (χ4n) is 0.587. The Kier molecular flexibility index (Phi) is 3.31. The number of rotatable bonds is 2. The lowest BCUT2D eigenvalue weighted by atomic mass is 10.5. The largest absolute Gasteiger partial charge is 0.412 e. The van der Waals surface area contributed by atoms with E-state index in [0.29, 0.717) is 0 Å². The topological polar surface area (TPSA) is 30.2 Å². The second kappa shape index (κ2) is 4.28. The van der Waals surface area contributed by atoms with E-state index in [-0.39, 0.29) is 0 Å². The van der Waals surface area contributed by atoms with Crippen LogP contribution in [0.5, 0.6) is 0 Å². The van der Waals surface area contributed by atoms with E-state index in [9.17, 15) is 4.79 Å². The molecule has 1 heterocycles. The summed E-state index contributed by atoms with van der Waals surface area (Å²) in [7, 11) is 0. The highest BCUT2D eigenvalue weighted by atomic mass is 35.5. The van der Waals surface area contributed by atoms with Crippen LogP contribution in [0.25, 0.3) is 0 Å². The van der Waals surface area contributed by atoms with E-state index in [1.54, 1.807) is 30.6 Å². The first kappa shape index (κ1) is 9.29. The quantitative estimate of drug-likeness (QED) is 0.528. The van der Waals surface area contributed by atoms with Crippen LogP contribution < -0.4 is 9.57 Å². The molecule has 0 atom stereocenters. The molecule has 0 spiro atoms. The van der Waals surface area contributed by atoms with Gasteiger partial charge in [0.05, 0.1) is 0 Å². The highest BCUT2D eigenvalue weighted by molar-refractivity contribution is 6.52. The van der Waals surface area contributed by atoms with Gasteiger partial charge in [-0.1, -0.05) is 29.3 Å². The van der Waals surface area contributed by atoms with Crippen molar-refractivity contribution in [2.75, 3.05) is 0 Å². The maximum absolute atomic E-state index is 10.8. The molecule has 0 radical (unpaired) electrons. The van der Waals surface area contributed by atoms with Crippen LogP contribution in [0, 0.1) is 0 Å². The normalized spacial score (nSPS) is 9.92. The van der Waals surface area contributed by atoms with Crippen molar-refractivity contribution in [1.82, 2.24) is 0 Å². The molecule has 0 aromatic carbocycles. The van der Waals surface area contributed by atoms with Gasteiger partial charge in [0.2, 0.25) is 17.2 Å². The zero-order valence-corrected chi connectivity index (χ0v) is 7.50. The lowest BCUT2D eigenvalue weighted by Crippen LogP contribution is -2.46. The predicted octanol–water partition coefficient (Wildman–Crippen LogP) is 0.733. The van der Waals surface area contributed by atoms with Crippen LogP contribution in [0.15, 0.2) is 30.6 Å². The molecular formula is C7H6Cl2NO2+. The van der Waals surface area contributed by atoms with Crippen molar-refractivity contribution in [3.63, 3.8) is 0 Å². The number of alkyl halides is 2. The predicted molar refractivity (Wildman–Crippen MR) is 43.7 cm³/mol. The van der Waals surface area contributed by atoms with Gasteiger partial charge < -0.3 is 0 Å². The summed E-state index contributed by atoms with van der Waals surface area (Å²) in [6.07, 6.45) is 3.13. The molecule has 64 valence electrons. The van der Waals surface area contributed by atoms with Crippen LogP contribution in [-0.4, -0.2) is 10.8 Å². The molecule has 0 aliphatic carbocycles. The van der Waals surface area contributed by atoms with Crippen LogP contribution in [0.3, 0.4) is 0 Å². The minimum Gasteiger partial charge on any atom is -0.241 e. The fourth-order valence-corrected chi connectivity index (χ4v) is 0.667. The Bertz CT molecular complexity index is 263. The van der Waals surface area contributed by atoms with Gasteiger partial charge in [-0.2, -0.15) is 4.84 Å². The molecule has 1 aromatic heterocycles. The molecule has 0 fully saturated rings. The molecule has 0 bridgehead atoms. The Morgan fingerprint density at radius 1 is 1.25 bits per heavy atom. The molecule has 3 nitrogen and oxygen atoms in total. The van der Waals surface area contributed by atoms with Gasteiger partial charge in [-0.05, 0) is 0 Å². The zero-order valence-electron chi connectivity index (χ0n) is 5.98. The molecule has 0 saturated carbocycles. The first-order valence-electron chi connectivity index (χ1n) is 3.17. The van der Waals surface area contributed by atoms with E-state index in [1.807, 2.05) is 0 Å². The number of pyridine rings is 1. The van der Waals surface area contributed by atoms with E-state index < -0.39 is 10.8 Å². The first-order chi connectivity index (χ1) is 5.70. The fraction of sp³-hybridized carbons (Fsp3) is 0.143. The summed E-state index contributed by atoms with van der Waals surface area (Å²) in [6.45, 7) is 0. The molecular weight excluding hydrogens is 201 g/mol. The summed E-state index contributed by atoms with van der Waals surface area (Å²) < 4.78 is 1.22. The van der Waals surface area contributed by atoms with Crippen LogP contribution in [0.2, 0.25) is 0 Å². The third-order valence-corrected chi connectivity index (χ3v) is 1.42. The number of carbonyl (C=O) groups excluding carboxylic acids is 1. The molecule has 5 heteroatoms. The van der Waals surface area contributed by atoms with Crippen molar-refractivity contribution in [3.05, 3.63) is 30.6 Å². The van der Waals surface area contributed by atoms with Crippen LogP contribution in [-0.2, 0) is 4.79 Å². The molecule has 1 aromatic rings. The molecule has 1 rings (SSSR count). The number of carbonyl (C=O) groups is 1. The second-order valence-corrected chi connectivity index (χ2v) is 3.04. The number of aromatic nitrogens is 1. The van der Waals surface area contributed by atoms with Crippen molar-refractivity contribution in [1.29, 1.82) is 0 Å². The number of nitrogens with zero attached hydrogens (tertiary/aromatic N) is 1. The highest BCUT2D eigenvalue weighted by Gasteiger charge is 2.18. The number of hydrogen-bond acceptors (Lipinski definition) is 2. The van der Waals surface area contributed by atoms with Crippen molar-refractivity contribution in [2.45, 2.75) is 4.84 Å². The van der Waals surface area contributed by atoms with Crippen LogP contribution >= 0.6 is 23.2 Å². The monoisotopic (exact) mass is 206 g/mol. The average molecular weight is 207 g/mol. The maximum atomic E-state index is 10.8. The molecule has 0 aliphatic heterocycles. The van der Waals surface area contributed by atoms with Gasteiger partial charge in [0.1, 0.15) is 0 Å². The Labute approximate surface area is 79.4 Å². The van der Waals surface area contributed by atoms with Crippen molar-refractivity contribution in [2.24, 2.45) is 0 Å². The van der Waals surface area contributed by atoms with E-state index >= 15 is 0 Å². The maximum Gasteiger partial charge on any atom is 0.412 e. The van der Waals surface area contributed by atoms with Gasteiger partial charge in [0, 0.05) is 16.9 Å². The molecule has 0 amide bonds. The summed E-state index contributed by atoms with van der Waals surface area (Å²) >= 11 is 10.5. The van der Waals surface area contributed by atoms with Gasteiger partial charge in [-0.3, -0.25) is 0 Å². The molecule has 0 unspecified atom stereocenters. The second-order valence-electron chi connectivity index (χ2n) is 1.95. The van der Waals surface area contributed by atoms with Crippen molar-refractivity contribution >= 4 is 29.2 Å². The van der Waals surface area contributed by atoms with Crippen molar-refractivity contribution < 1.29 is 14.4 Å². The third-order valence-electron chi connectivity index (χ3n) is 1.06. The lowest BCUT2D eigenvalue weighted by Gasteiger charge is -1.94. The Morgan fingerprint density at radius 3 is 2.33 bits per heavy atom. The van der Waals surface area contributed by atoms with Gasteiger partial charge in [-0.15, -0.1) is 0 Å². The lowest BCUT2D eigenvalue weighted by molar-refractivity contribution is -0.869. The van der Waals surface area contributed by atoms with Gasteiger partial charge >= 0.3 is 5.97 Å². The summed E-state index contributed by atoms with van der Waals surface area (Å²) in [6, 6.07) is 5.22. The summed E-state index contributed by atoms with van der Waals surface area (Å²) in [5, 5.41) is 0. The average Bonchev–Trinajstić information content (AvgIpc) is 2.06. The summed E-state index contributed by atoms with van der Waals surface area (Å²) in [5.41, 5.74) is 0. The first-order valence-corrected chi connectivity index (χ1v) is 4.04. The molecule has 12 heavy (non-hydrogen) atoms. The van der Waals surface area contributed by atoms with E-state index in [1.165, 1.54) is 4.73 Å². The van der Waals surface area contributed by atoms with Crippen molar-refractivity contribution in [3.8, 4) is 0 Å². The van der Waals surface area contributed by atoms with E-state index in [0.717, 1.165) is 0 Å². The SMILES string of the molecule is O=C(O[n+]1ccccc1)C(Cl)Cl. The Morgan fingerprint density at radius 2 is 1.83 bits per heavy atom. The summed E-state index contributed by atoms with van der Waals surface area (Å²) in [5.74, 6) is -0.700. The third kappa shape index (κ3) is 2.68. The molecule has 0 saturated heterocycles. The summed E-state index contributed by atoms with van der Waals surface area (Å²) in [4.78, 5) is 14.3. The molecule has 0 N–H and O–H groups in total. The van der Waals surface area contributed by atoms with Gasteiger partial charge in [-0.25, -0.2) is 4.79 Å². The highest BCUT2D eigenvalue weighted by Crippen LogP contribution is 2.00. The van der Waals surface area contributed by atoms with Gasteiger partial charge in [0.25, 0.3) is 0 Å².